The van der Waals surface area contributed by atoms with Gasteiger partial charge in [-0.15, -0.1) is 11.3 Å². The molecule has 0 aliphatic carbocycles. The zero-order chi connectivity index (χ0) is 13.0. The highest BCUT2D eigenvalue weighted by atomic mass is 32.1. The van der Waals surface area contributed by atoms with Crippen molar-refractivity contribution in [3.05, 3.63) is 16.1 Å². The molecule has 5 heteroatoms. The molecule has 2 rings (SSSR count). The number of rotatable bonds is 2. The Kier molecular flexibility index (Phi) is 4.00. The predicted molar refractivity (Wildman–Crippen MR) is 70.2 cm³/mol. The van der Waals surface area contributed by atoms with Gasteiger partial charge in [-0.3, -0.25) is 4.79 Å². The van der Waals surface area contributed by atoms with Crippen molar-refractivity contribution < 1.29 is 9.53 Å². The summed E-state index contributed by atoms with van der Waals surface area (Å²) in [6, 6.07) is 0. The number of carbonyl (C=O) groups excluding carboxylic acids is 1. The van der Waals surface area contributed by atoms with Crippen LogP contribution < -0.4 is 5.32 Å². The number of nitrogens with one attached hydrogen (secondary N) is 1. The van der Waals surface area contributed by atoms with Crippen molar-refractivity contribution in [2.75, 3.05) is 13.2 Å². The van der Waals surface area contributed by atoms with Crippen molar-refractivity contribution in [3.8, 4) is 11.8 Å². The molecule has 1 amide bonds. The number of ether oxygens (including phenoxy) is 1. The van der Waals surface area contributed by atoms with E-state index in [2.05, 4.69) is 22.1 Å². The minimum Gasteiger partial charge on any atom is -0.381 e. The summed E-state index contributed by atoms with van der Waals surface area (Å²) < 4.78 is 5.38. The molecule has 18 heavy (non-hydrogen) atoms. The minimum absolute atomic E-state index is 0.243. The molecule has 1 N–H and O–H groups in total. The number of aromatic nitrogens is 1. The van der Waals surface area contributed by atoms with E-state index >= 15 is 0 Å². The quantitative estimate of drug-likeness (QED) is 0.825. The summed E-state index contributed by atoms with van der Waals surface area (Å²) in [7, 11) is 0. The maximum absolute atomic E-state index is 11.7. The van der Waals surface area contributed by atoms with Crippen LogP contribution in [0, 0.1) is 18.8 Å². The smallest absolute Gasteiger partial charge is 0.296 e. The Morgan fingerprint density at radius 1 is 1.56 bits per heavy atom. The molecule has 96 valence electrons. The molecular weight excluding hydrogens is 248 g/mol. The summed E-state index contributed by atoms with van der Waals surface area (Å²) in [5, 5.41) is 5.98. The lowest BCUT2D eigenvalue weighted by Gasteiger charge is -2.35. The molecule has 0 aromatic carbocycles. The van der Waals surface area contributed by atoms with E-state index in [1.807, 2.05) is 12.3 Å². The summed E-state index contributed by atoms with van der Waals surface area (Å²) in [5.41, 5.74) is 0.578. The molecular formula is C13H16N2O2S. The standard InChI is InChI=1S/C13H16N2O2S/c1-3-4-11(16)15-13(5-7-17-8-6-13)12-14-10(2)9-18-12/h9H,5-8H2,1-2H3,(H,15,16). The first-order valence-electron chi connectivity index (χ1n) is 5.91. The Morgan fingerprint density at radius 2 is 2.28 bits per heavy atom. The molecule has 1 aromatic rings. The first kappa shape index (κ1) is 13.1. The van der Waals surface area contributed by atoms with Crippen LogP contribution in [0.15, 0.2) is 5.38 Å². The van der Waals surface area contributed by atoms with Crippen molar-refractivity contribution in [1.29, 1.82) is 0 Å². The fourth-order valence-electron chi connectivity index (χ4n) is 2.05. The third-order valence-electron chi connectivity index (χ3n) is 2.97. The third-order valence-corrected chi connectivity index (χ3v) is 4.13. The van der Waals surface area contributed by atoms with E-state index in [0.717, 1.165) is 23.5 Å². The second-order valence-electron chi connectivity index (χ2n) is 4.32. The van der Waals surface area contributed by atoms with Crippen LogP contribution in [-0.4, -0.2) is 24.1 Å². The molecule has 0 atom stereocenters. The van der Waals surface area contributed by atoms with E-state index in [1.54, 1.807) is 18.3 Å². The van der Waals surface area contributed by atoms with Gasteiger partial charge in [-0.1, -0.05) is 5.92 Å². The Labute approximate surface area is 111 Å². The van der Waals surface area contributed by atoms with Crippen LogP contribution in [0.25, 0.3) is 0 Å². The van der Waals surface area contributed by atoms with Crippen LogP contribution in [0.1, 0.15) is 30.5 Å². The second-order valence-corrected chi connectivity index (χ2v) is 5.18. The van der Waals surface area contributed by atoms with Crippen LogP contribution in [0.2, 0.25) is 0 Å². The maximum Gasteiger partial charge on any atom is 0.296 e. The van der Waals surface area contributed by atoms with Crippen molar-refractivity contribution in [1.82, 2.24) is 10.3 Å². The lowest BCUT2D eigenvalue weighted by atomic mass is 9.90. The van der Waals surface area contributed by atoms with Gasteiger partial charge in [-0.05, 0) is 19.8 Å². The number of carbonyl (C=O) groups is 1. The number of amides is 1. The van der Waals surface area contributed by atoms with Crippen LogP contribution >= 0.6 is 11.3 Å². The summed E-state index contributed by atoms with van der Waals surface area (Å²) in [6.07, 6.45) is 1.49. The van der Waals surface area contributed by atoms with Gasteiger partial charge in [0.2, 0.25) is 0 Å². The Balaban J connectivity index is 2.27. The molecule has 1 fully saturated rings. The first-order valence-corrected chi connectivity index (χ1v) is 6.79. The zero-order valence-electron chi connectivity index (χ0n) is 10.6. The fourth-order valence-corrected chi connectivity index (χ4v) is 3.06. The number of nitrogens with zero attached hydrogens (tertiary/aromatic N) is 1. The molecule has 0 bridgehead atoms. The molecule has 0 spiro atoms. The average Bonchev–Trinajstić information content (AvgIpc) is 2.78. The average molecular weight is 264 g/mol. The number of thiazole rings is 1. The van der Waals surface area contributed by atoms with E-state index < -0.39 is 5.54 Å². The van der Waals surface area contributed by atoms with E-state index in [4.69, 9.17) is 4.74 Å². The molecule has 4 nitrogen and oxygen atoms in total. The van der Waals surface area contributed by atoms with Crippen molar-refractivity contribution in [3.63, 3.8) is 0 Å². The molecule has 1 aliphatic heterocycles. The summed E-state index contributed by atoms with van der Waals surface area (Å²) >= 11 is 1.59. The van der Waals surface area contributed by atoms with Crippen molar-refractivity contribution in [2.45, 2.75) is 32.2 Å². The molecule has 2 heterocycles. The summed E-state index contributed by atoms with van der Waals surface area (Å²) in [6.45, 7) is 4.89. The van der Waals surface area contributed by atoms with Gasteiger partial charge in [0.1, 0.15) is 5.01 Å². The van der Waals surface area contributed by atoms with E-state index in [0.29, 0.717) is 13.2 Å². The minimum atomic E-state index is -0.405. The Bertz CT molecular complexity index is 493. The highest BCUT2D eigenvalue weighted by Crippen LogP contribution is 2.34. The fraction of sp³-hybridized carbons (Fsp3) is 0.538. The van der Waals surface area contributed by atoms with Gasteiger partial charge in [-0.2, -0.15) is 0 Å². The molecule has 1 saturated heterocycles. The van der Waals surface area contributed by atoms with Crippen molar-refractivity contribution in [2.24, 2.45) is 0 Å². The number of hydrogen-bond donors (Lipinski definition) is 1. The van der Waals surface area contributed by atoms with E-state index in [-0.39, 0.29) is 5.91 Å². The summed E-state index contributed by atoms with van der Waals surface area (Å²) in [5.74, 6) is 4.91. The largest absolute Gasteiger partial charge is 0.381 e. The van der Waals surface area contributed by atoms with Crippen LogP contribution in [0.4, 0.5) is 0 Å². The topological polar surface area (TPSA) is 51.2 Å². The molecule has 1 aromatic heterocycles. The lowest BCUT2D eigenvalue weighted by molar-refractivity contribution is -0.119. The predicted octanol–water partition coefficient (Wildman–Crippen LogP) is 1.60. The van der Waals surface area contributed by atoms with Crippen LogP contribution in [0.3, 0.4) is 0 Å². The number of aryl methyl sites for hydroxylation is 1. The molecule has 0 unspecified atom stereocenters. The monoisotopic (exact) mass is 264 g/mol. The molecule has 0 radical (unpaired) electrons. The van der Waals surface area contributed by atoms with Gasteiger partial charge < -0.3 is 10.1 Å². The van der Waals surface area contributed by atoms with Gasteiger partial charge in [0, 0.05) is 37.1 Å². The van der Waals surface area contributed by atoms with Gasteiger partial charge in [0.15, 0.2) is 0 Å². The maximum atomic E-state index is 11.7. The Hall–Kier alpha value is -1.38. The Morgan fingerprint density at radius 3 is 2.83 bits per heavy atom. The number of hydrogen-bond acceptors (Lipinski definition) is 4. The van der Waals surface area contributed by atoms with Gasteiger partial charge in [-0.25, -0.2) is 4.98 Å². The highest BCUT2D eigenvalue weighted by Gasteiger charge is 2.38. The SMILES string of the molecule is CC#CC(=O)NC1(c2nc(C)cs2)CCOCC1. The van der Waals surface area contributed by atoms with Crippen LogP contribution in [0.5, 0.6) is 0 Å². The third kappa shape index (κ3) is 2.71. The molecule has 1 aliphatic rings. The second kappa shape index (κ2) is 5.51. The van der Waals surface area contributed by atoms with E-state index in [9.17, 15) is 4.79 Å². The normalized spacial score (nSPS) is 17.7. The zero-order valence-corrected chi connectivity index (χ0v) is 11.4. The van der Waals surface area contributed by atoms with Gasteiger partial charge >= 0.3 is 0 Å². The first-order chi connectivity index (χ1) is 8.66. The van der Waals surface area contributed by atoms with Crippen LogP contribution in [-0.2, 0) is 15.1 Å². The molecule has 0 saturated carbocycles. The van der Waals surface area contributed by atoms with Gasteiger partial charge in [0.25, 0.3) is 5.91 Å². The highest BCUT2D eigenvalue weighted by molar-refractivity contribution is 7.09. The van der Waals surface area contributed by atoms with Gasteiger partial charge in [0.05, 0.1) is 5.54 Å². The summed E-state index contributed by atoms with van der Waals surface area (Å²) in [4.78, 5) is 16.3. The lowest BCUT2D eigenvalue weighted by Crippen LogP contribution is -2.49. The van der Waals surface area contributed by atoms with Crippen molar-refractivity contribution >= 4 is 17.2 Å². The van der Waals surface area contributed by atoms with E-state index in [1.165, 1.54) is 0 Å².